The summed E-state index contributed by atoms with van der Waals surface area (Å²) in [7, 11) is 3.33. The van der Waals surface area contributed by atoms with E-state index < -0.39 is 6.09 Å². The molecule has 2 amide bonds. The number of carbonyl (C=O) groups excluding carboxylic acids is 1. The molecule has 0 bridgehead atoms. The number of amides is 2. The van der Waals surface area contributed by atoms with Crippen molar-refractivity contribution >= 4 is 34.6 Å². The number of benzene rings is 1. The molecule has 0 saturated carbocycles. The molecule has 0 aliphatic carbocycles. The quantitative estimate of drug-likeness (QED) is 0.507. The zero-order valence-corrected chi connectivity index (χ0v) is 15.4. The van der Waals surface area contributed by atoms with Crippen LogP contribution in [0, 0.1) is 3.57 Å². The molecular formula is C16H21IN2O4. The highest BCUT2D eigenvalue weighted by molar-refractivity contribution is 14.1. The van der Waals surface area contributed by atoms with Crippen LogP contribution in [0.25, 0.3) is 0 Å². The number of likely N-dealkylation sites (N-methyl/N-ethyl adjacent to an activating group) is 1. The van der Waals surface area contributed by atoms with Crippen LogP contribution in [0.4, 0.5) is 4.79 Å². The summed E-state index contributed by atoms with van der Waals surface area (Å²) in [5.41, 5.74) is 0. The van der Waals surface area contributed by atoms with Crippen molar-refractivity contribution in [2.45, 2.75) is 6.42 Å². The van der Waals surface area contributed by atoms with Crippen LogP contribution in [-0.2, 0) is 4.79 Å². The van der Waals surface area contributed by atoms with E-state index in [0.29, 0.717) is 18.7 Å². The van der Waals surface area contributed by atoms with Crippen LogP contribution in [0.3, 0.4) is 0 Å². The van der Waals surface area contributed by atoms with Crippen molar-refractivity contribution in [2.75, 3.05) is 33.8 Å². The lowest BCUT2D eigenvalue weighted by atomic mass is 10.3. The lowest BCUT2D eigenvalue weighted by Crippen LogP contribution is -2.34. The Balaban J connectivity index is 2.36. The Hall–Kier alpha value is -1.77. The maximum Gasteiger partial charge on any atom is 0.407 e. The molecule has 23 heavy (non-hydrogen) atoms. The van der Waals surface area contributed by atoms with Gasteiger partial charge in [-0.05, 0) is 59.4 Å². The zero-order valence-electron chi connectivity index (χ0n) is 13.2. The number of hydrogen-bond acceptors (Lipinski definition) is 3. The number of hydrogen-bond donors (Lipinski definition) is 1. The first-order valence-corrected chi connectivity index (χ1v) is 8.22. The minimum Gasteiger partial charge on any atom is -0.492 e. The summed E-state index contributed by atoms with van der Waals surface area (Å²) in [5.74, 6) is 0.598. The normalized spacial score (nSPS) is 10.6. The van der Waals surface area contributed by atoms with E-state index >= 15 is 0 Å². The monoisotopic (exact) mass is 432 g/mol. The second kappa shape index (κ2) is 10.1. The van der Waals surface area contributed by atoms with Crippen LogP contribution in [0.15, 0.2) is 36.4 Å². The predicted octanol–water partition coefficient (Wildman–Crippen LogP) is 2.68. The Kier molecular flexibility index (Phi) is 8.46. The average molecular weight is 432 g/mol. The Morgan fingerprint density at radius 2 is 1.87 bits per heavy atom. The second-order valence-corrected chi connectivity index (χ2v) is 6.24. The highest BCUT2D eigenvalue weighted by atomic mass is 127. The lowest BCUT2D eigenvalue weighted by Gasteiger charge is -2.18. The van der Waals surface area contributed by atoms with Crippen LogP contribution in [0.2, 0.25) is 0 Å². The number of halogens is 1. The fourth-order valence-electron chi connectivity index (χ4n) is 1.67. The molecule has 0 unspecified atom stereocenters. The van der Waals surface area contributed by atoms with Crippen molar-refractivity contribution < 1.29 is 19.4 Å². The van der Waals surface area contributed by atoms with Crippen molar-refractivity contribution in [1.82, 2.24) is 9.80 Å². The van der Waals surface area contributed by atoms with Crippen LogP contribution >= 0.6 is 22.6 Å². The highest BCUT2D eigenvalue weighted by Gasteiger charge is 2.10. The summed E-state index contributed by atoms with van der Waals surface area (Å²) >= 11 is 2.21. The number of nitrogens with zero attached hydrogens (tertiary/aromatic N) is 2. The van der Waals surface area contributed by atoms with Gasteiger partial charge in [0, 0.05) is 24.2 Å². The number of carboxylic acid groups (broad SMARTS) is 1. The van der Waals surface area contributed by atoms with Gasteiger partial charge in [-0.3, -0.25) is 4.79 Å². The van der Waals surface area contributed by atoms with Crippen LogP contribution in [-0.4, -0.2) is 60.7 Å². The molecule has 0 aliphatic heterocycles. The van der Waals surface area contributed by atoms with Gasteiger partial charge in [0.15, 0.2) is 0 Å². The van der Waals surface area contributed by atoms with Crippen molar-refractivity contribution in [3.8, 4) is 5.75 Å². The average Bonchev–Trinajstić information content (AvgIpc) is 2.50. The minimum atomic E-state index is -0.997. The van der Waals surface area contributed by atoms with Gasteiger partial charge >= 0.3 is 6.09 Å². The van der Waals surface area contributed by atoms with E-state index in [4.69, 9.17) is 4.74 Å². The zero-order chi connectivity index (χ0) is 17.2. The van der Waals surface area contributed by atoms with E-state index in [0.717, 1.165) is 3.57 Å². The first kappa shape index (κ1) is 19.3. The number of rotatable bonds is 8. The van der Waals surface area contributed by atoms with Crippen molar-refractivity contribution in [1.29, 1.82) is 0 Å². The van der Waals surface area contributed by atoms with Gasteiger partial charge in [0.05, 0.1) is 6.54 Å². The molecular weight excluding hydrogens is 411 g/mol. The predicted molar refractivity (Wildman–Crippen MR) is 96.7 cm³/mol. The van der Waals surface area contributed by atoms with E-state index in [-0.39, 0.29) is 19.1 Å². The Bertz CT molecular complexity index is 544. The van der Waals surface area contributed by atoms with Gasteiger partial charge in [-0.1, -0.05) is 6.08 Å². The minimum absolute atomic E-state index is 0.117. The third-order valence-corrected chi connectivity index (χ3v) is 3.70. The summed E-state index contributed by atoms with van der Waals surface area (Å²) in [5, 5.41) is 9.17. The standard InChI is InChI=1S/C16H21IN2O4/c1-18(2)15(20)5-3-4-10-19(16(21)22)11-12-23-14-8-6-13(17)7-9-14/h3,5-9H,4,10-12H2,1-2H3,(H,21,22). The summed E-state index contributed by atoms with van der Waals surface area (Å²) in [6, 6.07) is 7.56. The molecule has 1 rings (SSSR count). The first-order chi connectivity index (χ1) is 10.9. The first-order valence-electron chi connectivity index (χ1n) is 7.14. The van der Waals surface area contributed by atoms with E-state index in [9.17, 15) is 14.7 Å². The fraction of sp³-hybridized carbons (Fsp3) is 0.375. The Labute approximate surface area is 149 Å². The van der Waals surface area contributed by atoms with E-state index in [1.165, 1.54) is 15.9 Å². The largest absolute Gasteiger partial charge is 0.492 e. The van der Waals surface area contributed by atoms with Gasteiger partial charge in [-0.25, -0.2) is 4.79 Å². The van der Waals surface area contributed by atoms with Gasteiger partial charge in [-0.2, -0.15) is 0 Å². The van der Waals surface area contributed by atoms with Gasteiger partial charge < -0.3 is 19.6 Å². The van der Waals surface area contributed by atoms with E-state index in [1.54, 1.807) is 20.2 Å². The summed E-state index contributed by atoms with van der Waals surface area (Å²) < 4.78 is 6.64. The number of ether oxygens (including phenoxy) is 1. The van der Waals surface area contributed by atoms with E-state index in [2.05, 4.69) is 22.6 Å². The molecule has 1 aromatic rings. The van der Waals surface area contributed by atoms with E-state index in [1.807, 2.05) is 24.3 Å². The van der Waals surface area contributed by atoms with Gasteiger partial charge in [0.2, 0.25) is 5.91 Å². The van der Waals surface area contributed by atoms with Crippen LogP contribution < -0.4 is 4.74 Å². The van der Waals surface area contributed by atoms with Crippen LogP contribution in [0.1, 0.15) is 6.42 Å². The molecule has 0 heterocycles. The van der Waals surface area contributed by atoms with Gasteiger partial charge in [0.1, 0.15) is 12.4 Å². The highest BCUT2D eigenvalue weighted by Crippen LogP contribution is 2.13. The molecule has 0 atom stereocenters. The Morgan fingerprint density at radius 3 is 2.43 bits per heavy atom. The van der Waals surface area contributed by atoms with Crippen molar-refractivity contribution in [2.24, 2.45) is 0 Å². The second-order valence-electron chi connectivity index (χ2n) is 5.00. The van der Waals surface area contributed by atoms with Crippen LogP contribution in [0.5, 0.6) is 5.75 Å². The molecule has 6 nitrogen and oxygen atoms in total. The fourth-order valence-corrected chi connectivity index (χ4v) is 2.03. The van der Waals surface area contributed by atoms with Crippen molar-refractivity contribution in [3.63, 3.8) is 0 Å². The maximum absolute atomic E-state index is 11.4. The third-order valence-electron chi connectivity index (χ3n) is 2.98. The molecule has 0 fully saturated rings. The topological polar surface area (TPSA) is 70.1 Å². The Morgan fingerprint density at radius 1 is 1.22 bits per heavy atom. The summed E-state index contributed by atoms with van der Waals surface area (Å²) in [6.07, 6.45) is 2.61. The third kappa shape index (κ3) is 7.87. The lowest BCUT2D eigenvalue weighted by molar-refractivity contribution is -0.123. The van der Waals surface area contributed by atoms with Crippen molar-refractivity contribution in [3.05, 3.63) is 40.0 Å². The molecule has 1 N–H and O–H groups in total. The molecule has 0 aliphatic rings. The molecule has 1 aromatic carbocycles. The molecule has 7 heteroatoms. The molecule has 126 valence electrons. The van der Waals surface area contributed by atoms with Gasteiger partial charge in [-0.15, -0.1) is 0 Å². The summed E-state index contributed by atoms with van der Waals surface area (Å²) in [4.78, 5) is 25.3. The molecule has 0 radical (unpaired) electrons. The molecule has 0 aromatic heterocycles. The summed E-state index contributed by atoms with van der Waals surface area (Å²) in [6.45, 7) is 0.882. The number of carbonyl (C=O) groups is 2. The molecule has 0 spiro atoms. The molecule has 0 saturated heterocycles. The maximum atomic E-state index is 11.4. The smallest absolute Gasteiger partial charge is 0.407 e. The SMILES string of the molecule is CN(C)C(=O)C=CCCN(CCOc1ccc(I)cc1)C(=O)O. The van der Waals surface area contributed by atoms with Gasteiger partial charge in [0.25, 0.3) is 0 Å².